The molecule has 0 spiro atoms. The number of hydrogen-bond donors (Lipinski definition) is 1. The van der Waals surface area contributed by atoms with E-state index in [9.17, 15) is 5.26 Å². The van der Waals surface area contributed by atoms with Crippen LogP contribution in [0.25, 0.3) is 0 Å². The van der Waals surface area contributed by atoms with E-state index in [4.69, 9.17) is 0 Å². The van der Waals surface area contributed by atoms with Crippen LogP contribution in [0.15, 0.2) is 18.3 Å². The Labute approximate surface area is 90.1 Å². The predicted octanol–water partition coefficient (Wildman–Crippen LogP) is 1.53. The molecule has 1 fully saturated rings. The molecule has 0 unspecified atom stereocenters. The van der Waals surface area contributed by atoms with Crippen LogP contribution in [-0.4, -0.2) is 18.1 Å². The summed E-state index contributed by atoms with van der Waals surface area (Å²) in [7, 11) is 0. The fourth-order valence-electron chi connectivity index (χ4n) is 2.08. The molecule has 0 atom stereocenters. The van der Waals surface area contributed by atoms with Gasteiger partial charge in [-0.1, -0.05) is 0 Å². The lowest BCUT2D eigenvalue weighted by Crippen LogP contribution is -2.39. The molecule has 2 rings (SSSR count). The van der Waals surface area contributed by atoms with Crippen LogP contribution in [0, 0.1) is 18.3 Å². The lowest BCUT2D eigenvalue weighted by molar-refractivity contribution is 0.374. The minimum absolute atomic E-state index is 0.364. The van der Waals surface area contributed by atoms with Gasteiger partial charge < -0.3 is 5.32 Å². The third-order valence-corrected chi connectivity index (χ3v) is 3.08. The van der Waals surface area contributed by atoms with Gasteiger partial charge in [-0.25, -0.2) is 0 Å². The highest BCUT2D eigenvalue weighted by molar-refractivity contribution is 5.30. The molecule has 0 amide bonds. The summed E-state index contributed by atoms with van der Waals surface area (Å²) in [4.78, 5) is 4.36. The number of nitrogens with zero attached hydrogens (tertiary/aromatic N) is 2. The van der Waals surface area contributed by atoms with Gasteiger partial charge >= 0.3 is 0 Å². The fraction of sp³-hybridized carbons (Fsp3) is 0.500. The Morgan fingerprint density at radius 3 is 2.80 bits per heavy atom. The summed E-state index contributed by atoms with van der Waals surface area (Å²) in [6.07, 6.45) is 3.52. The van der Waals surface area contributed by atoms with Crippen LogP contribution < -0.4 is 5.32 Å². The van der Waals surface area contributed by atoms with Crippen LogP contribution in [0.4, 0.5) is 0 Å². The van der Waals surface area contributed by atoms with Crippen molar-refractivity contribution in [3.05, 3.63) is 29.6 Å². The van der Waals surface area contributed by atoms with Crippen LogP contribution in [0.5, 0.6) is 0 Å². The molecule has 1 aromatic heterocycles. The van der Waals surface area contributed by atoms with E-state index in [2.05, 4.69) is 16.4 Å². The van der Waals surface area contributed by atoms with Crippen molar-refractivity contribution in [1.82, 2.24) is 10.3 Å². The van der Waals surface area contributed by atoms with Gasteiger partial charge in [-0.15, -0.1) is 0 Å². The zero-order chi connectivity index (χ0) is 10.7. The maximum Gasteiger partial charge on any atom is 0.102 e. The number of aryl methyl sites for hydroxylation is 1. The quantitative estimate of drug-likeness (QED) is 0.749. The Balaban J connectivity index is 2.37. The summed E-state index contributed by atoms with van der Waals surface area (Å²) < 4.78 is 0. The predicted molar refractivity (Wildman–Crippen MR) is 58.4 cm³/mol. The van der Waals surface area contributed by atoms with E-state index < -0.39 is 0 Å². The molecule has 2 heterocycles. The number of pyridine rings is 1. The number of nitrogens with one attached hydrogen (secondary N) is 1. The summed E-state index contributed by atoms with van der Waals surface area (Å²) >= 11 is 0. The topological polar surface area (TPSA) is 48.7 Å². The van der Waals surface area contributed by atoms with Crippen molar-refractivity contribution in [2.45, 2.75) is 25.2 Å². The van der Waals surface area contributed by atoms with Gasteiger partial charge in [-0.3, -0.25) is 4.98 Å². The molecule has 15 heavy (non-hydrogen) atoms. The first kappa shape index (κ1) is 10.1. The third-order valence-electron chi connectivity index (χ3n) is 3.08. The normalized spacial score (nSPS) is 19.5. The summed E-state index contributed by atoms with van der Waals surface area (Å²) in [6, 6.07) is 6.46. The highest BCUT2D eigenvalue weighted by Gasteiger charge is 2.35. The monoisotopic (exact) mass is 201 g/mol. The van der Waals surface area contributed by atoms with Crippen molar-refractivity contribution < 1.29 is 0 Å². The highest BCUT2D eigenvalue weighted by atomic mass is 14.9. The van der Waals surface area contributed by atoms with Crippen LogP contribution in [0.2, 0.25) is 0 Å². The molecule has 1 N–H and O–H groups in total. The smallest absolute Gasteiger partial charge is 0.102 e. The van der Waals surface area contributed by atoms with Crippen LogP contribution in [0.1, 0.15) is 24.1 Å². The van der Waals surface area contributed by atoms with E-state index in [1.807, 2.05) is 19.1 Å². The van der Waals surface area contributed by atoms with Crippen molar-refractivity contribution in [3.8, 4) is 6.07 Å². The average Bonchev–Trinajstić information content (AvgIpc) is 2.30. The molecule has 0 aliphatic carbocycles. The van der Waals surface area contributed by atoms with Crippen molar-refractivity contribution in [1.29, 1.82) is 5.26 Å². The lowest BCUT2D eigenvalue weighted by Gasteiger charge is -2.30. The second-order valence-corrected chi connectivity index (χ2v) is 4.16. The first-order chi connectivity index (χ1) is 7.27. The molecule has 0 saturated carbocycles. The summed E-state index contributed by atoms with van der Waals surface area (Å²) in [5.74, 6) is 0. The zero-order valence-electron chi connectivity index (χ0n) is 8.95. The fourth-order valence-corrected chi connectivity index (χ4v) is 2.08. The van der Waals surface area contributed by atoms with Crippen molar-refractivity contribution in [3.63, 3.8) is 0 Å². The average molecular weight is 201 g/mol. The number of hydrogen-bond acceptors (Lipinski definition) is 3. The molecule has 3 nitrogen and oxygen atoms in total. The van der Waals surface area contributed by atoms with Gasteiger partial charge in [-0.05, 0) is 50.6 Å². The van der Waals surface area contributed by atoms with E-state index >= 15 is 0 Å². The maximum atomic E-state index is 9.37. The Morgan fingerprint density at radius 2 is 2.20 bits per heavy atom. The van der Waals surface area contributed by atoms with Gasteiger partial charge in [0.05, 0.1) is 11.8 Å². The minimum Gasteiger partial charge on any atom is -0.317 e. The standard InChI is InChI=1S/C12H15N3/c1-10-2-5-15-11(8-10)12(9-13)3-6-14-7-4-12/h2,5,8,14H,3-4,6-7H2,1H3. The molecule has 3 heteroatoms. The molecular formula is C12H15N3. The maximum absolute atomic E-state index is 9.37. The molecule has 78 valence electrons. The van der Waals surface area contributed by atoms with E-state index in [1.54, 1.807) is 6.20 Å². The van der Waals surface area contributed by atoms with E-state index in [1.165, 1.54) is 5.56 Å². The molecule has 1 aliphatic rings. The van der Waals surface area contributed by atoms with Gasteiger partial charge in [0, 0.05) is 6.20 Å². The van der Waals surface area contributed by atoms with Crippen LogP contribution >= 0.6 is 0 Å². The molecule has 0 bridgehead atoms. The zero-order valence-corrected chi connectivity index (χ0v) is 8.95. The second kappa shape index (κ2) is 4.00. The van der Waals surface area contributed by atoms with Crippen molar-refractivity contribution in [2.24, 2.45) is 0 Å². The molecule has 0 aromatic carbocycles. The number of piperidine rings is 1. The van der Waals surface area contributed by atoms with Crippen LogP contribution in [-0.2, 0) is 5.41 Å². The number of aromatic nitrogens is 1. The van der Waals surface area contributed by atoms with Gasteiger partial charge in [0.15, 0.2) is 0 Å². The van der Waals surface area contributed by atoms with E-state index in [-0.39, 0.29) is 5.41 Å². The number of nitriles is 1. The SMILES string of the molecule is Cc1ccnc(C2(C#N)CCNCC2)c1. The Morgan fingerprint density at radius 1 is 1.47 bits per heavy atom. The largest absolute Gasteiger partial charge is 0.317 e. The van der Waals surface area contributed by atoms with Crippen molar-refractivity contribution in [2.75, 3.05) is 13.1 Å². The second-order valence-electron chi connectivity index (χ2n) is 4.16. The highest BCUT2D eigenvalue weighted by Crippen LogP contribution is 2.31. The van der Waals surface area contributed by atoms with Gasteiger partial charge in [-0.2, -0.15) is 5.26 Å². The van der Waals surface area contributed by atoms with Gasteiger partial charge in [0.25, 0.3) is 0 Å². The van der Waals surface area contributed by atoms with Crippen molar-refractivity contribution >= 4 is 0 Å². The summed E-state index contributed by atoms with van der Waals surface area (Å²) in [5, 5.41) is 12.6. The summed E-state index contributed by atoms with van der Waals surface area (Å²) in [5.41, 5.74) is 1.75. The lowest BCUT2D eigenvalue weighted by atomic mass is 9.77. The molecule has 0 radical (unpaired) electrons. The minimum atomic E-state index is -0.364. The Hall–Kier alpha value is -1.40. The summed E-state index contributed by atoms with van der Waals surface area (Å²) in [6.45, 7) is 3.85. The van der Waals surface area contributed by atoms with Gasteiger partial charge in [0.2, 0.25) is 0 Å². The van der Waals surface area contributed by atoms with Crippen LogP contribution in [0.3, 0.4) is 0 Å². The molecule has 1 aromatic rings. The Bertz CT molecular complexity index is 386. The number of rotatable bonds is 1. The van der Waals surface area contributed by atoms with E-state index in [0.717, 1.165) is 31.6 Å². The van der Waals surface area contributed by atoms with E-state index in [0.29, 0.717) is 0 Å². The third kappa shape index (κ3) is 1.86. The first-order valence-corrected chi connectivity index (χ1v) is 5.32. The molecular weight excluding hydrogens is 186 g/mol. The first-order valence-electron chi connectivity index (χ1n) is 5.32. The molecule has 1 aliphatic heterocycles. The molecule has 1 saturated heterocycles. The van der Waals surface area contributed by atoms with Gasteiger partial charge in [0.1, 0.15) is 5.41 Å². The Kier molecular flexibility index (Phi) is 2.70.